The maximum atomic E-state index is 11.0. The van der Waals surface area contributed by atoms with Gasteiger partial charge in [-0.3, -0.25) is 0 Å². The molecule has 0 radical (unpaired) electrons. The molecule has 0 aliphatic rings. The molecular formula is C16H13N5O2. The molecule has 23 heavy (non-hydrogen) atoms. The van der Waals surface area contributed by atoms with E-state index >= 15 is 0 Å². The third kappa shape index (κ3) is 2.82. The van der Waals surface area contributed by atoms with Gasteiger partial charge in [0.05, 0.1) is 23.7 Å². The Morgan fingerprint density at radius 3 is 2.78 bits per heavy atom. The van der Waals surface area contributed by atoms with Crippen molar-refractivity contribution in [3.63, 3.8) is 0 Å². The first-order valence-corrected chi connectivity index (χ1v) is 6.87. The third-order valence-corrected chi connectivity index (χ3v) is 3.51. The van der Waals surface area contributed by atoms with Crippen LogP contribution in [0, 0.1) is 11.3 Å². The highest BCUT2D eigenvalue weighted by molar-refractivity contribution is 5.90. The first-order valence-electron chi connectivity index (χ1n) is 6.87. The summed E-state index contributed by atoms with van der Waals surface area (Å²) in [4.78, 5) is 19.6. The summed E-state index contributed by atoms with van der Waals surface area (Å²) in [5.41, 5.74) is 2.76. The summed E-state index contributed by atoms with van der Waals surface area (Å²) >= 11 is 0. The summed E-state index contributed by atoms with van der Waals surface area (Å²) in [6, 6.07) is 10.7. The second-order valence-corrected chi connectivity index (χ2v) is 5.00. The second-order valence-electron chi connectivity index (χ2n) is 5.00. The first-order chi connectivity index (χ1) is 11.1. The zero-order chi connectivity index (χ0) is 16.4. The predicted molar refractivity (Wildman–Crippen MR) is 84.0 cm³/mol. The molecule has 0 saturated heterocycles. The molecule has 0 atom stereocenters. The topological polar surface area (TPSA) is 104 Å². The zero-order valence-corrected chi connectivity index (χ0v) is 12.3. The number of carboxylic acid groups (broad SMARTS) is 1. The van der Waals surface area contributed by atoms with Crippen molar-refractivity contribution >= 4 is 22.8 Å². The van der Waals surface area contributed by atoms with E-state index in [1.807, 2.05) is 23.7 Å². The molecule has 0 spiro atoms. The normalized spacial score (nSPS) is 10.4. The number of aromatic carboxylic acids is 1. The third-order valence-electron chi connectivity index (χ3n) is 3.51. The van der Waals surface area contributed by atoms with Crippen molar-refractivity contribution in [2.45, 2.75) is 6.54 Å². The number of carboxylic acids is 1. The molecular weight excluding hydrogens is 294 g/mol. The van der Waals surface area contributed by atoms with Gasteiger partial charge in [-0.05, 0) is 30.3 Å². The number of nitrogens with one attached hydrogen (secondary N) is 1. The Kier molecular flexibility index (Phi) is 3.65. The number of hydrogen-bond acceptors (Lipinski definition) is 5. The van der Waals surface area contributed by atoms with Gasteiger partial charge in [-0.15, -0.1) is 0 Å². The zero-order valence-electron chi connectivity index (χ0n) is 12.3. The van der Waals surface area contributed by atoms with E-state index in [0.29, 0.717) is 23.3 Å². The molecule has 114 valence electrons. The fourth-order valence-corrected chi connectivity index (χ4v) is 2.24. The summed E-state index contributed by atoms with van der Waals surface area (Å²) < 4.78 is 1.82. The molecule has 0 saturated carbocycles. The molecule has 0 bridgehead atoms. The van der Waals surface area contributed by atoms with Gasteiger partial charge in [-0.25, -0.2) is 14.8 Å². The number of hydrogen-bond donors (Lipinski definition) is 2. The van der Waals surface area contributed by atoms with Gasteiger partial charge in [-0.2, -0.15) is 5.26 Å². The van der Waals surface area contributed by atoms with Crippen molar-refractivity contribution in [2.24, 2.45) is 7.05 Å². The van der Waals surface area contributed by atoms with E-state index in [9.17, 15) is 4.79 Å². The second kappa shape index (κ2) is 5.77. The smallest absolute Gasteiger partial charge is 0.337 e. The van der Waals surface area contributed by atoms with Crippen molar-refractivity contribution in [1.29, 1.82) is 5.26 Å². The van der Waals surface area contributed by atoms with Crippen LogP contribution in [-0.4, -0.2) is 25.6 Å². The van der Waals surface area contributed by atoms with Crippen LogP contribution in [0.1, 0.15) is 21.7 Å². The Bertz CT molecular complexity index is 922. The summed E-state index contributed by atoms with van der Waals surface area (Å²) in [5, 5.41) is 21.0. The Labute approximate surface area is 131 Å². The number of rotatable bonds is 4. The average molecular weight is 307 g/mol. The van der Waals surface area contributed by atoms with Crippen LogP contribution in [0.5, 0.6) is 0 Å². The van der Waals surface area contributed by atoms with E-state index in [0.717, 1.165) is 11.5 Å². The minimum Gasteiger partial charge on any atom is -0.478 e. The van der Waals surface area contributed by atoms with Crippen molar-refractivity contribution in [3.05, 3.63) is 53.5 Å². The van der Waals surface area contributed by atoms with Gasteiger partial charge >= 0.3 is 5.97 Å². The fraction of sp³-hybridized carbons (Fsp3) is 0.125. The number of imidazole rings is 1. The Balaban J connectivity index is 1.83. The number of fused-ring (bicyclic) bond motifs is 1. The highest BCUT2D eigenvalue weighted by atomic mass is 16.4. The van der Waals surface area contributed by atoms with Crippen LogP contribution >= 0.6 is 0 Å². The minimum atomic E-state index is -1.03. The summed E-state index contributed by atoms with van der Waals surface area (Å²) in [6.45, 7) is 0.459. The van der Waals surface area contributed by atoms with E-state index in [2.05, 4.69) is 21.4 Å². The lowest BCUT2D eigenvalue weighted by Gasteiger charge is -2.06. The maximum Gasteiger partial charge on any atom is 0.337 e. The number of anilines is 1. The Hall–Kier alpha value is -3.40. The van der Waals surface area contributed by atoms with Gasteiger partial charge in [0, 0.05) is 18.9 Å². The standard InChI is InChI=1S/C16H13N5O2/c1-21-14(9-18-12-4-2-10(7-17)3-5-12)20-13-6-11(16(22)23)8-19-15(13)21/h2-6,8,18H,9H2,1H3,(H,22,23). The number of pyridine rings is 1. The lowest BCUT2D eigenvalue weighted by molar-refractivity contribution is 0.0696. The molecule has 2 aromatic heterocycles. The average Bonchev–Trinajstić information content (AvgIpc) is 2.89. The number of benzene rings is 1. The van der Waals surface area contributed by atoms with Crippen molar-refractivity contribution in [2.75, 3.05) is 5.32 Å². The van der Waals surface area contributed by atoms with Gasteiger partial charge in [-0.1, -0.05) is 0 Å². The quantitative estimate of drug-likeness (QED) is 0.765. The molecule has 3 rings (SSSR count). The largest absolute Gasteiger partial charge is 0.478 e. The molecule has 2 heterocycles. The molecule has 0 unspecified atom stereocenters. The van der Waals surface area contributed by atoms with Gasteiger partial charge in [0.25, 0.3) is 0 Å². The van der Waals surface area contributed by atoms with E-state index < -0.39 is 5.97 Å². The van der Waals surface area contributed by atoms with E-state index in [1.54, 1.807) is 12.1 Å². The van der Waals surface area contributed by atoms with Crippen LogP contribution in [0.15, 0.2) is 36.5 Å². The van der Waals surface area contributed by atoms with Gasteiger partial charge in [0.15, 0.2) is 5.65 Å². The highest BCUT2D eigenvalue weighted by Gasteiger charge is 2.12. The highest BCUT2D eigenvalue weighted by Crippen LogP contribution is 2.16. The minimum absolute atomic E-state index is 0.113. The van der Waals surface area contributed by atoms with Crippen LogP contribution in [0.4, 0.5) is 5.69 Å². The van der Waals surface area contributed by atoms with Crippen LogP contribution in [0.25, 0.3) is 11.2 Å². The molecule has 7 heteroatoms. The molecule has 2 N–H and O–H groups in total. The van der Waals surface area contributed by atoms with E-state index in [4.69, 9.17) is 10.4 Å². The van der Waals surface area contributed by atoms with Crippen LogP contribution in [0.3, 0.4) is 0 Å². The van der Waals surface area contributed by atoms with Crippen LogP contribution < -0.4 is 5.32 Å². The van der Waals surface area contributed by atoms with Gasteiger partial charge in [0.1, 0.15) is 11.3 Å². The van der Waals surface area contributed by atoms with Crippen molar-refractivity contribution < 1.29 is 9.90 Å². The number of nitriles is 1. The maximum absolute atomic E-state index is 11.0. The van der Waals surface area contributed by atoms with Gasteiger partial charge in [0.2, 0.25) is 0 Å². The van der Waals surface area contributed by atoms with Crippen LogP contribution in [0.2, 0.25) is 0 Å². The van der Waals surface area contributed by atoms with Gasteiger partial charge < -0.3 is 15.0 Å². The predicted octanol–water partition coefficient (Wildman–Crippen LogP) is 2.15. The Morgan fingerprint density at radius 1 is 1.39 bits per heavy atom. The SMILES string of the molecule is Cn1c(CNc2ccc(C#N)cc2)nc2cc(C(=O)O)cnc21. The molecule has 0 amide bonds. The van der Waals surface area contributed by atoms with E-state index in [1.165, 1.54) is 12.3 Å². The summed E-state index contributed by atoms with van der Waals surface area (Å²) in [5.74, 6) is -0.290. The Morgan fingerprint density at radius 2 is 2.13 bits per heavy atom. The fourth-order valence-electron chi connectivity index (χ4n) is 2.24. The molecule has 7 nitrogen and oxygen atoms in total. The molecule has 0 fully saturated rings. The number of aryl methyl sites for hydroxylation is 1. The molecule has 0 aliphatic heterocycles. The van der Waals surface area contributed by atoms with E-state index in [-0.39, 0.29) is 5.56 Å². The van der Waals surface area contributed by atoms with Crippen molar-refractivity contribution in [1.82, 2.24) is 14.5 Å². The van der Waals surface area contributed by atoms with Crippen molar-refractivity contribution in [3.8, 4) is 6.07 Å². The molecule has 3 aromatic rings. The number of nitrogens with zero attached hydrogens (tertiary/aromatic N) is 4. The molecule has 0 aliphatic carbocycles. The lowest BCUT2D eigenvalue weighted by atomic mass is 10.2. The lowest BCUT2D eigenvalue weighted by Crippen LogP contribution is -2.06. The molecule has 1 aromatic carbocycles. The summed E-state index contributed by atoms with van der Waals surface area (Å²) in [7, 11) is 1.83. The number of aromatic nitrogens is 3. The monoisotopic (exact) mass is 307 g/mol. The summed E-state index contributed by atoms with van der Waals surface area (Å²) in [6.07, 6.45) is 1.32. The number of carbonyl (C=O) groups is 1. The first kappa shape index (κ1) is 14.5. The van der Waals surface area contributed by atoms with Crippen LogP contribution in [-0.2, 0) is 13.6 Å².